The van der Waals surface area contributed by atoms with E-state index in [9.17, 15) is 18.0 Å². The molecule has 0 aromatic heterocycles. The van der Waals surface area contributed by atoms with Crippen LogP contribution in [0.3, 0.4) is 0 Å². The molecule has 0 fully saturated rings. The van der Waals surface area contributed by atoms with Crippen molar-refractivity contribution in [1.29, 1.82) is 0 Å². The molecule has 0 saturated heterocycles. The first-order chi connectivity index (χ1) is 8.86. The maximum atomic E-state index is 12.5. The Morgan fingerprint density at radius 1 is 1.21 bits per heavy atom. The lowest BCUT2D eigenvalue weighted by molar-refractivity contribution is -0.170. The topological polar surface area (TPSA) is 40.5 Å². The first-order valence-electron chi connectivity index (χ1n) is 5.60. The van der Waals surface area contributed by atoms with Gasteiger partial charge in [-0.3, -0.25) is 4.79 Å². The SMILES string of the molecule is O=C(N(CCCCBr)c1ccc(O)cc1)C(F)(F)F. The van der Waals surface area contributed by atoms with E-state index in [0.717, 1.165) is 0 Å². The molecule has 0 bridgehead atoms. The molecule has 0 spiro atoms. The van der Waals surface area contributed by atoms with Crippen molar-refractivity contribution >= 4 is 27.5 Å². The Hall–Kier alpha value is -1.24. The molecule has 0 saturated carbocycles. The molecule has 0 radical (unpaired) electrons. The first kappa shape index (κ1) is 15.8. The Morgan fingerprint density at radius 3 is 2.26 bits per heavy atom. The van der Waals surface area contributed by atoms with Crippen LogP contribution < -0.4 is 4.90 Å². The van der Waals surface area contributed by atoms with Crippen LogP contribution in [-0.2, 0) is 4.79 Å². The number of hydrogen-bond acceptors (Lipinski definition) is 2. The van der Waals surface area contributed by atoms with Gasteiger partial charge in [0.05, 0.1) is 0 Å². The maximum absolute atomic E-state index is 12.5. The average molecular weight is 340 g/mol. The zero-order valence-electron chi connectivity index (χ0n) is 9.95. The minimum absolute atomic E-state index is 0.0191. The van der Waals surface area contributed by atoms with Gasteiger partial charge in [-0.15, -0.1) is 0 Å². The molecule has 3 nitrogen and oxygen atoms in total. The second-order valence-electron chi connectivity index (χ2n) is 3.87. The lowest BCUT2D eigenvalue weighted by Crippen LogP contribution is -2.41. The van der Waals surface area contributed by atoms with Gasteiger partial charge in [0.1, 0.15) is 5.75 Å². The van der Waals surface area contributed by atoms with E-state index in [-0.39, 0.29) is 18.0 Å². The Kier molecular flexibility index (Phi) is 5.65. The van der Waals surface area contributed by atoms with Crippen LogP contribution in [0.5, 0.6) is 5.75 Å². The summed E-state index contributed by atoms with van der Waals surface area (Å²) in [4.78, 5) is 12.1. The van der Waals surface area contributed by atoms with Gasteiger partial charge in [0.15, 0.2) is 0 Å². The van der Waals surface area contributed by atoms with Crippen LogP contribution in [0.1, 0.15) is 12.8 Å². The molecule has 1 N–H and O–H groups in total. The summed E-state index contributed by atoms with van der Waals surface area (Å²) in [5.74, 6) is -1.96. The molecule has 7 heteroatoms. The highest BCUT2D eigenvalue weighted by molar-refractivity contribution is 9.09. The third-order valence-corrected chi connectivity index (χ3v) is 2.98. The van der Waals surface area contributed by atoms with Crippen LogP contribution in [0.4, 0.5) is 18.9 Å². The monoisotopic (exact) mass is 339 g/mol. The Morgan fingerprint density at radius 2 is 1.79 bits per heavy atom. The number of rotatable bonds is 5. The van der Waals surface area contributed by atoms with Gasteiger partial charge in [-0.2, -0.15) is 13.2 Å². The van der Waals surface area contributed by atoms with Crippen molar-refractivity contribution in [1.82, 2.24) is 0 Å². The lowest BCUT2D eigenvalue weighted by atomic mass is 10.2. The van der Waals surface area contributed by atoms with Crippen LogP contribution in [0.15, 0.2) is 24.3 Å². The van der Waals surface area contributed by atoms with Crippen LogP contribution in [-0.4, -0.2) is 29.1 Å². The normalized spacial score (nSPS) is 11.4. The Labute approximate surface area is 117 Å². The van der Waals surface area contributed by atoms with Crippen molar-refractivity contribution in [3.05, 3.63) is 24.3 Å². The standard InChI is InChI=1S/C12H13BrF3NO2/c13-7-1-2-8-17(11(19)12(14,15)16)9-3-5-10(18)6-4-9/h3-6,18H,1-2,7-8H2. The summed E-state index contributed by atoms with van der Waals surface area (Å²) in [6.07, 6.45) is -3.79. The molecule has 1 aromatic carbocycles. The molecule has 0 aliphatic carbocycles. The van der Waals surface area contributed by atoms with E-state index < -0.39 is 12.1 Å². The molecule has 1 aromatic rings. The van der Waals surface area contributed by atoms with Gasteiger partial charge >= 0.3 is 12.1 Å². The Balaban J connectivity index is 2.91. The Bertz CT molecular complexity index is 420. The van der Waals surface area contributed by atoms with Crippen molar-refractivity contribution in [2.45, 2.75) is 19.0 Å². The van der Waals surface area contributed by atoms with Gasteiger partial charge < -0.3 is 10.0 Å². The number of carbonyl (C=O) groups excluding carboxylic acids is 1. The van der Waals surface area contributed by atoms with E-state index in [0.29, 0.717) is 23.1 Å². The fraction of sp³-hybridized carbons (Fsp3) is 0.417. The number of alkyl halides is 4. The molecule has 0 unspecified atom stereocenters. The van der Waals surface area contributed by atoms with Gasteiger partial charge in [0.2, 0.25) is 0 Å². The average Bonchev–Trinajstić information content (AvgIpc) is 2.34. The summed E-state index contributed by atoms with van der Waals surface area (Å²) in [5, 5.41) is 9.78. The molecule has 0 aliphatic rings. The number of anilines is 1. The first-order valence-corrected chi connectivity index (χ1v) is 6.72. The highest BCUT2D eigenvalue weighted by Crippen LogP contribution is 2.25. The number of aromatic hydroxyl groups is 1. The van der Waals surface area contributed by atoms with E-state index in [1.54, 1.807) is 0 Å². The summed E-state index contributed by atoms with van der Waals surface area (Å²) >= 11 is 3.18. The number of carbonyl (C=O) groups is 1. The van der Waals surface area contributed by atoms with E-state index in [1.807, 2.05) is 0 Å². The number of hydrogen-bond donors (Lipinski definition) is 1. The number of phenols is 1. The summed E-state index contributed by atoms with van der Waals surface area (Å²) in [7, 11) is 0. The number of phenolic OH excluding ortho intramolecular Hbond substituents is 1. The van der Waals surface area contributed by atoms with Gasteiger partial charge in [-0.25, -0.2) is 0 Å². The lowest BCUT2D eigenvalue weighted by Gasteiger charge is -2.23. The predicted octanol–water partition coefficient (Wildman–Crippen LogP) is 3.46. The van der Waals surface area contributed by atoms with Gasteiger partial charge in [0, 0.05) is 17.6 Å². The summed E-state index contributed by atoms with van der Waals surface area (Å²) in [6.45, 7) is -0.0191. The molecule has 0 heterocycles. The molecule has 106 valence electrons. The molecule has 19 heavy (non-hydrogen) atoms. The number of benzene rings is 1. The zero-order valence-corrected chi connectivity index (χ0v) is 11.5. The fourth-order valence-electron chi connectivity index (χ4n) is 1.50. The third-order valence-electron chi connectivity index (χ3n) is 2.41. The van der Waals surface area contributed by atoms with Crippen molar-refractivity contribution in [2.75, 3.05) is 16.8 Å². The van der Waals surface area contributed by atoms with Crippen molar-refractivity contribution in [3.8, 4) is 5.75 Å². The zero-order chi connectivity index (χ0) is 14.5. The smallest absolute Gasteiger partial charge is 0.471 e. The van der Waals surface area contributed by atoms with Crippen LogP contribution in [0.2, 0.25) is 0 Å². The second-order valence-corrected chi connectivity index (χ2v) is 4.66. The molecule has 1 rings (SSSR count). The van der Waals surface area contributed by atoms with Crippen molar-refractivity contribution in [2.24, 2.45) is 0 Å². The molecule has 1 amide bonds. The summed E-state index contributed by atoms with van der Waals surface area (Å²) in [5.41, 5.74) is 0.120. The highest BCUT2D eigenvalue weighted by atomic mass is 79.9. The predicted molar refractivity (Wildman–Crippen MR) is 69.5 cm³/mol. The van der Waals surface area contributed by atoms with Crippen LogP contribution in [0, 0.1) is 0 Å². The third kappa shape index (κ3) is 4.74. The van der Waals surface area contributed by atoms with Gasteiger partial charge in [0.25, 0.3) is 0 Å². The van der Waals surface area contributed by atoms with Gasteiger partial charge in [-0.05, 0) is 37.1 Å². The van der Waals surface area contributed by atoms with Crippen molar-refractivity contribution in [3.63, 3.8) is 0 Å². The van der Waals surface area contributed by atoms with Crippen LogP contribution >= 0.6 is 15.9 Å². The molecule has 0 aliphatic heterocycles. The fourth-order valence-corrected chi connectivity index (χ4v) is 1.89. The highest BCUT2D eigenvalue weighted by Gasteiger charge is 2.42. The molecular weight excluding hydrogens is 327 g/mol. The van der Waals surface area contributed by atoms with E-state index >= 15 is 0 Å². The summed E-state index contributed by atoms with van der Waals surface area (Å²) in [6, 6.07) is 5.06. The number of unbranched alkanes of at least 4 members (excludes halogenated alkanes) is 1. The van der Waals surface area contributed by atoms with E-state index in [4.69, 9.17) is 5.11 Å². The minimum Gasteiger partial charge on any atom is -0.508 e. The second kappa shape index (κ2) is 6.79. The van der Waals surface area contributed by atoms with E-state index in [1.165, 1.54) is 24.3 Å². The number of amides is 1. The van der Waals surface area contributed by atoms with Gasteiger partial charge in [-0.1, -0.05) is 15.9 Å². The quantitative estimate of drug-likeness (QED) is 0.659. The van der Waals surface area contributed by atoms with Crippen molar-refractivity contribution < 1.29 is 23.1 Å². The maximum Gasteiger partial charge on any atom is 0.471 e. The molecular formula is C12H13BrF3NO2. The number of nitrogens with zero attached hydrogens (tertiary/aromatic N) is 1. The van der Waals surface area contributed by atoms with E-state index in [2.05, 4.69) is 15.9 Å². The number of halogens is 4. The molecule has 0 atom stereocenters. The summed E-state index contributed by atoms with van der Waals surface area (Å²) < 4.78 is 37.6. The van der Waals surface area contributed by atoms with Crippen LogP contribution in [0.25, 0.3) is 0 Å². The minimum atomic E-state index is -4.91. The largest absolute Gasteiger partial charge is 0.508 e.